The second-order valence-electron chi connectivity index (χ2n) is 2.88. The Bertz CT molecular complexity index is 517. The Morgan fingerprint density at radius 1 is 1.67 bits per heavy atom. The average Bonchev–Trinajstić information content (AvgIpc) is 2.71. The van der Waals surface area contributed by atoms with E-state index in [9.17, 15) is 4.79 Å². The lowest BCUT2D eigenvalue weighted by atomic mass is 10.2. The van der Waals surface area contributed by atoms with Gasteiger partial charge in [-0.15, -0.1) is 0 Å². The van der Waals surface area contributed by atoms with Crippen molar-refractivity contribution in [2.45, 2.75) is 0 Å². The molecule has 2 aromatic heterocycles. The second kappa shape index (κ2) is 3.50. The number of aromatic carboxylic acids is 1. The van der Waals surface area contributed by atoms with Crippen LogP contribution in [0, 0.1) is 0 Å². The molecule has 0 bridgehead atoms. The SMILES string of the molecule is Cn1cc(-c2onc(C(=O)O)c2Br)cn1. The van der Waals surface area contributed by atoms with Crippen LogP contribution in [0.1, 0.15) is 10.5 Å². The van der Waals surface area contributed by atoms with Gasteiger partial charge in [0.25, 0.3) is 0 Å². The molecule has 2 rings (SSSR count). The maximum atomic E-state index is 10.7. The summed E-state index contributed by atoms with van der Waals surface area (Å²) < 4.78 is 6.84. The van der Waals surface area contributed by atoms with Crippen molar-refractivity contribution in [3.63, 3.8) is 0 Å². The van der Waals surface area contributed by atoms with Gasteiger partial charge >= 0.3 is 5.97 Å². The zero-order valence-corrected chi connectivity index (χ0v) is 9.22. The lowest BCUT2D eigenvalue weighted by Gasteiger charge is -1.89. The van der Waals surface area contributed by atoms with Crippen molar-refractivity contribution >= 4 is 21.9 Å². The molecule has 78 valence electrons. The fraction of sp³-hybridized carbons (Fsp3) is 0.125. The summed E-state index contributed by atoms with van der Waals surface area (Å²) in [6.07, 6.45) is 3.27. The molecule has 0 amide bonds. The van der Waals surface area contributed by atoms with Crippen LogP contribution in [0.4, 0.5) is 0 Å². The number of carboxylic acids is 1. The Balaban J connectivity index is 2.50. The van der Waals surface area contributed by atoms with Gasteiger partial charge in [0.1, 0.15) is 4.47 Å². The Hall–Kier alpha value is -1.63. The molecular formula is C8H6BrN3O3. The second-order valence-corrected chi connectivity index (χ2v) is 3.68. The van der Waals surface area contributed by atoms with Gasteiger partial charge in [-0.1, -0.05) is 5.16 Å². The molecule has 0 aliphatic heterocycles. The summed E-state index contributed by atoms with van der Waals surface area (Å²) >= 11 is 3.12. The van der Waals surface area contributed by atoms with E-state index < -0.39 is 5.97 Å². The van der Waals surface area contributed by atoms with Crippen LogP contribution in [-0.4, -0.2) is 26.0 Å². The van der Waals surface area contributed by atoms with Crippen LogP contribution in [0.15, 0.2) is 21.4 Å². The molecule has 0 spiro atoms. The molecule has 0 saturated carbocycles. The van der Waals surface area contributed by atoms with Crippen LogP contribution in [-0.2, 0) is 7.05 Å². The topological polar surface area (TPSA) is 81.2 Å². The molecular weight excluding hydrogens is 266 g/mol. The summed E-state index contributed by atoms with van der Waals surface area (Å²) in [6.45, 7) is 0. The van der Waals surface area contributed by atoms with Crippen molar-refractivity contribution in [3.05, 3.63) is 22.6 Å². The van der Waals surface area contributed by atoms with Gasteiger partial charge in [0.15, 0.2) is 5.76 Å². The average molecular weight is 272 g/mol. The largest absolute Gasteiger partial charge is 0.476 e. The summed E-state index contributed by atoms with van der Waals surface area (Å²) in [4.78, 5) is 10.7. The molecule has 0 saturated heterocycles. The van der Waals surface area contributed by atoms with E-state index in [-0.39, 0.29) is 5.69 Å². The Labute approximate surface area is 92.6 Å². The van der Waals surface area contributed by atoms with E-state index in [1.165, 1.54) is 0 Å². The quantitative estimate of drug-likeness (QED) is 0.896. The molecule has 15 heavy (non-hydrogen) atoms. The number of carbonyl (C=O) groups is 1. The minimum atomic E-state index is -1.14. The van der Waals surface area contributed by atoms with Crippen LogP contribution in [0.5, 0.6) is 0 Å². The molecule has 0 atom stereocenters. The summed E-state index contributed by atoms with van der Waals surface area (Å²) in [5, 5.41) is 16.1. The highest BCUT2D eigenvalue weighted by Gasteiger charge is 2.20. The van der Waals surface area contributed by atoms with Crippen molar-refractivity contribution in [2.75, 3.05) is 0 Å². The van der Waals surface area contributed by atoms with Gasteiger partial charge < -0.3 is 9.63 Å². The predicted molar refractivity (Wildman–Crippen MR) is 53.4 cm³/mol. The number of aromatic nitrogens is 3. The molecule has 2 aromatic rings. The molecule has 6 nitrogen and oxygen atoms in total. The highest BCUT2D eigenvalue weighted by Crippen LogP contribution is 2.30. The third-order valence-electron chi connectivity index (χ3n) is 1.81. The number of rotatable bonds is 2. The van der Waals surface area contributed by atoms with E-state index in [1.54, 1.807) is 24.1 Å². The fourth-order valence-corrected chi connectivity index (χ4v) is 1.67. The highest BCUT2D eigenvalue weighted by molar-refractivity contribution is 9.10. The molecule has 0 aliphatic carbocycles. The van der Waals surface area contributed by atoms with E-state index >= 15 is 0 Å². The third kappa shape index (κ3) is 1.65. The van der Waals surface area contributed by atoms with Gasteiger partial charge in [0.05, 0.1) is 11.8 Å². The van der Waals surface area contributed by atoms with Crippen LogP contribution < -0.4 is 0 Å². The molecule has 0 aliphatic rings. The normalized spacial score (nSPS) is 10.5. The number of carboxylic acid groups (broad SMARTS) is 1. The van der Waals surface area contributed by atoms with Crippen LogP contribution in [0.3, 0.4) is 0 Å². The first-order valence-corrected chi connectivity index (χ1v) is 4.76. The van der Waals surface area contributed by atoms with Crippen molar-refractivity contribution in [1.29, 1.82) is 0 Å². The van der Waals surface area contributed by atoms with Crippen molar-refractivity contribution in [2.24, 2.45) is 7.05 Å². The smallest absolute Gasteiger partial charge is 0.359 e. The first-order valence-electron chi connectivity index (χ1n) is 3.97. The van der Waals surface area contributed by atoms with Gasteiger partial charge in [-0.2, -0.15) is 5.10 Å². The molecule has 1 N–H and O–H groups in total. The summed E-state index contributed by atoms with van der Waals surface area (Å²) in [5.41, 5.74) is 0.526. The zero-order valence-electron chi connectivity index (χ0n) is 7.64. The lowest BCUT2D eigenvalue weighted by Crippen LogP contribution is -1.96. The molecule has 0 aromatic carbocycles. The van der Waals surface area contributed by atoms with Gasteiger partial charge in [-0.05, 0) is 15.9 Å². The molecule has 0 radical (unpaired) electrons. The molecule has 0 fully saturated rings. The van der Waals surface area contributed by atoms with Crippen molar-refractivity contribution < 1.29 is 14.4 Å². The van der Waals surface area contributed by atoms with Gasteiger partial charge in [-0.3, -0.25) is 4.68 Å². The first-order chi connectivity index (χ1) is 7.09. The molecule has 2 heterocycles. The molecule has 7 heteroatoms. The minimum Gasteiger partial charge on any atom is -0.476 e. The Kier molecular flexibility index (Phi) is 2.31. The third-order valence-corrected chi connectivity index (χ3v) is 2.54. The van der Waals surface area contributed by atoms with Crippen LogP contribution in [0.2, 0.25) is 0 Å². The van der Waals surface area contributed by atoms with Gasteiger partial charge in [-0.25, -0.2) is 4.79 Å². The van der Waals surface area contributed by atoms with E-state index in [0.717, 1.165) is 0 Å². The van der Waals surface area contributed by atoms with E-state index in [2.05, 4.69) is 26.2 Å². The van der Waals surface area contributed by atoms with E-state index in [0.29, 0.717) is 15.8 Å². The summed E-state index contributed by atoms with van der Waals surface area (Å²) in [5.74, 6) is -0.777. The maximum absolute atomic E-state index is 10.7. The van der Waals surface area contributed by atoms with E-state index in [4.69, 9.17) is 9.63 Å². The van der Waals surface area contributed by atoms with Crippen LogP contribution in [0.25, 0.3) is 11.3 Å². The number of nitrogens with zero attached hydrogens (tertiary/aromatic N) is 3. The predicted octanol–water partition coefficient (Wildman–Crippen LogP) is 1.54. The van der Waals surface area contributed by atoms with Gasteiger partial charge in [0.2, 0.25) is 5.69 Å². The van der Waals surface area contributed by atoms with Crippen LogP contribution >= 0.6 is 15.9 Å². The monoisotopic (exact) mass is 271 g/mol. The zero-order chi connectivity index (χ0) is 11.0. The number of halogens is 1. The van der Waals surface area contributed by atoms with E-state index in [1.807, 2.05) is 0 Å². The van der Waals surface area contributed by atoms with Crippen molar-refractivity contribution in [1.82, 2.24) is 14.9 Å². The standard InChI is InChI=1S/C8H6BrN3O3/c1-12-3-4(2-10-12)7-5(9)6(8(13)14)11-15-7/h2-3H,1H3,(H,13,14). The number of aryl methyl sites for hydroxylation is 1. The Morgan fingerprint density at radius 3 is 2.87 bits per heavy atom. The maximum Gasteiger partial charge on any atom is 0.359 e. The fourth-order valence-electron chi connectivity index (χ4n) is 1.13. The lowest BCUT2D eigenvalue weighted by molar-refractivity contribution is 0.0685. The summed E-state index contributed by atoms with van der Waals surface area (Å²) in [7, 11) is 1.76. The van der Waals surface area contributed by atoms with Crippen molar-refractivity contribution in [3.8, 4) is 11.3 Å². The highest BCUT2D eigenvalue weighted by atomic mass is 79.9. The van der Waals surface area contributed by atoms with Gasteiger partial charge in [0, 0.05) is 13.2 Å². The number of hydrogen-bond acceptors (Lipinski definition) is 4. The summed E-state index contributed by atoms with van der Waals surface area (Å²) in [6, 6.07) is 0. The minimum absolute atomic E-state index is 0.145. The number of hydrogen-bond donors (Lipinski definition) is 1. The Morgan fingerprint density at radius 2 is 2.40 bits per heavy atom. The first kappa shape index (κ1) is 9.91. The molecule has 0 unspecified atom stereocenters.